The summed E-state index contributed by atoms with van der Waals surface area (Å²) in [6, 6.07) is 4.05. The number of aliphatic hydroxyl groups is 1. The van der Waals surface area contributed by atoms with E-state index in [2.05, 4.69) is 36.1 Å². The van der Waals surface area contributed by atoms with E-state index in [4.69, 9.17) is 15.2 Å². The number of ether oxygens (including phenoxy) is 2. The summed E-state index contributed by atoms with van der Waals surface area (Å²) in [5.74, 6) is -10.6. The Bertz CT molecular complexity index is 2600. The molecule has 2 fully saturated rings. The van der Waals surface area contributed by atoms with Crippen molar-refractivity contribution in [3.63, 3.8) is 0 Å². The molecule has 0 aliphatic carbocycles. The number of aliphatic carboxylic acids is 1. The van der Waals surface area contributed by atoms with Crippen LogP contribution < -0.4 is 37.6 Å². The molecule has 0 spiro atoms. The van der Waals surface area contributed by atoms with Gasteiger partial charge in [-0.25, -0.2) is 8.98 Å². The molecule has 2 aliphatic rings. The van der Waals surface area contributed by atoms with Crippen LogP contribution in [0.25, 0.3) is 0 Å². The molecule has 450 valence electrons. The van der Waals surface area contributed by atoms with Crippen LogP contribution in [-0.4, -0.2) is 186 Å². The maximum absolute atomic E-state index is 15.0. The number of nitrogens with zero attached hydrogens (tertiary/aromatic N) is 2. The number of phenolic OH excluding ortho intramolecular Hbond substituents is 1. The van der Waals surface area contributed by atoms with Gasteiger partial charge in [0.15, 0.2) is 12.3 Å². The molecule has 13 atom stereocenters. The minimum Gasteiger partial charge on any atom is -0.508 e. The minimum atomic E-state index is -5.07. The van der Waals surface area contributed by atoms with Gasteiger partial charge in [0.05, 0.1) is 0 Å². The van der Waals surface area contributed by atoms with E-state index in [-0.39, 0.29) is 70.1 Å². The molecule has 27 nitrogen and oxygen atoms in total. The van der Waals surface area contributed by atoms with Gasteiger partial charge < -0.3 is 66.9 Å². The van der Waals surface area contributed by atoms with Crippen LogP contribution >= 0.6 is 0 Å². The van der Waals surface area contributed by atoms with Gasteiger partial charge in [-0.05, 0) is 87.1 Å². The molecule has 2 aromatic rings. The number of carbonyl (C=O) groups is 9. The Morgan fingerprint density at radius 3 is 2.11 bits per heavy atom. The van der Waals surface area contributed by atoms with E-state index >= 15 is 4.79 Å². The lowest BCUT2D eigenvalue weighted by molar-refractivity contribution is -0.168. The molecule has 12 N–H and O–H groups in total. The Balaban J connectivity index is 1.89. The average molecular weight is 1160 g/mol. The number of esters is 1. The van der Waals surface area contributed by atoms with Gasteiger partial charge in [-0.2, -0.15) is 8.42 Å². The Morgan fingerprint density at radius 1 is 0.852 bits per heavy atom. The normalized spacial score (nSPS) is 24.6. The first kappa shape index (κ1) is 66.7. The maximum Gasteiger partial charge on any atom is 0.397 e. The summed E-state index contributed by atoms with van der Waals surface area (Å²) >= 11 is 0. The Morgan fingerprint density at radius 2 is 1.51 bits per heavy atom. The minimum absolute atomic E-state index is 0.0253. The van der Waals surface area contributed by atoms with Gasteiger partial charge in [-0.3, -0.25) is 48.2 Å². The van der Waals surface area contributed by atoms with Gasteiger partial charge in [0, 0.05) is 20.6 Å². The largest absolute Gasteiger partial charge is 0.508 e. The van der Waals surface area contributed by atoms with E-state index in [1.807, 2.05) is 0 Å². The first-order chi connectivity index (χ1) is 38.2. The molecular weight excluding hydrogens is 1080 g/mol. The molecule has 81 heavy (non-hydrogen) atoms. The molecule has 0 aromatic heterocycles. The first-order valence-corrected chi connectivity index (χ1v) is 28.3. The maximum atomic E-state index is 15.0. The standard InChI is InChI=1S/C53H79N9O18S/c1-8-29(3)41-53(74)80-31(5)42(59-45(65)36(23-20-32-18-21-34(63)22-19-32)56-47(67)39(78-7)28-79-81(75,76)77)48(68)60-44(55-26-14-13-17-35(54)52(72)73)49(69)57-37-24-25-40(64)62(50(37)70)43(30(4)9-2)51(71)61(6)38(46(66)58-41)27-33-15-11-10-12-16-33/h10-12,15-16,18-19,21-22,29-31,35-44,55,63-64H,8-9,13-14,17,20,23-28,54H2,1-7H3,(H,56,67)(H,57,69)(H,58,66)(H,59,65)(H,60,68)(H,72,73)(H,75,76,77). The fourth-order valence-electron chi connectivity index (χ4n) is 9.18. The number of piperidine rings is 1. The number of aryl methyl sites for hydroxylation is 1. The molecule has 28 heteroatoms. The highest BCUT2D eigenvalue weighted by Gasteiger charge is 2.47. The monoisotopic (exact) mass is 1160 g/mol. The fourth-order valence-corrected chi connectivity index (χ4v) is 9.48. The van der Waals surface area contributed by atoms with Gasteiger partial charge >= 0.3 is 22.3 Å². The van der Waals surface area contributed by atoms with Crippen molar-refractivity contribution in [3.05, 3.63) is 65.7 Å². The number of aliphatic hydroxyl groups excluding tert-OH is 1. The van der Waals surface area contributed by atoms with E-state index in [1.54, 1.807) is 58.0 Å². The molecule has 2 bridgehead atoms. The molecule has 0 saturated carbocycles. The number of carboxylic acids is 1. The third kappa shape index (κ3) is 19.7. The number of phenols is 1. The summed E-state index contributed by atoms with van der Waals surface area (Å²) < 4.78 is 47.4. The van der Waals surface area contributed by atoms with Crippen molar-refractivity contribution >= 4 is 63.7 Å². The van der Waals surface area contributed by atoms with Gasteiger partial charge in [0.25, 0.3) is 11.8 Å². The lowest BCUT2D eigenvalue weighted by Crippen LogP contribution is -2.67. The molecule has 7 amide bonds. The van der Waals surface area contributed by atoms with Gasteiger partial charge in [-0.15, -0.1) is 0 Å². The Labute approximate surface area is 471 Å². The van der Waals surface area contributed by atoms with E-state index < -0.39 is 149 Å². The van der Waals surface area contributed by atoms with Gasteiger partial charge in [0.2, 0.25) is 29.5 Å². The van der Waals surface area contributed by atoms with Crippen molar-refractivity contribution in [1.82, 2.24) is 41.7 Å². The predicted molar refractivity (Wildman–Crippen MR) is 289 cm³/mol. The topological polar surface area (TPSA) is 401 Å². The van der Waals surface area contributed by atoms with Crippen molar-refractivity contribution in [3.8, 4) is 5.75 Å². The number of cyclic esters (lactones) is 1. The van der Waals surface area contributed by atoms with Crippen molar-refractivity contribution in [2.75, 3.05) is 27.3 Å². The van der Waals surface area contributed by atoms with Crippen LogP contribution in [0.2, 0.25) is 0 Å². The molecule has 2 aromatic carbocycles. The van der Waals surface area contributed by atoms with E-state index in [1.165, 1.54) is 38.2 Å². The smallest absolute Gasteiger partial charge is 0.397 e. The zero-order chi connectivity index (χ0) is 60.3. The highest BCUT2D eigenvalue weighted by Crippen LogP contribution is 2.28. The second kappa shape index (κ2) is 31.4. The van der Waals surface area contributed by atoms with Crippen LogP contribution in [0.15, 0.2) is 54.6 Å². The highest BCUT2D eigenvalue weighted by molar-refractivity contribution is 7.80. The number of nitrogens with two attached hydrogens (primary N) is 1. The summed E-state index contributed by atoms with van der Waals surface area (Å²) in [7, 11) is -2.69. The Hall–Kier alpha value is -6.82. The van der Waals surface area contributed by atoms with Gasteiger partial charge in [0.1, 0.15) is 67.0 Å². The van der Waals surface area contributed by atoms with E-state index in [0.717, 1.165) is 16.9 Å². The quantitative estimate of drug-likeness (QED) is 0.0346. The van der Waals surface area contributed by atoms with Crippen molar-refractivity contribution in [2.24, 2.45) is 17.6 Å². The number of amides is 7. The summed E-state index contributed by atoms with van der Waals surface area (Å²) in [5, 5.41) is 46.5. The third-order valence-electron chi connectivity index (χ3n) is 14.5. The third-order valence-corrected chi connectivity index (χ3v) is 15.0. The first-order valence-electron chi connectivity index (χ1n) is 26.9. The van der Waals surface area contributed by atoms with Gasteiger partial charge in [-0.1, -0.05) is 89.4 Å². The van der Waals surface area contributed by atoms with Crippen molar-refractivity contribution < 1.29 is 85.1 Å². The fraction of sp³-hybridized carbons (Fsp3) is 0.604. The SMILES string of the molecule is CCC(C)C1NC(=O)C(Cc2ccccc2)N(C)C(=O)C(C(C)CC)N2C(=O)C(CCC2O)NC(=O)C(NCCCCC(N)C(=O)O)NC(=O)C(NC(=O)C(CCc2ccc(O)cc2)NC(=O)C(COS(=O)(=O)O)OC)C(C)OC1=O. The van der Waals surface area contributed by atoms with Crippen LogP contribution in [0, 0.1) is 11.8 Å². The number of fused-ring (bicyclic) bond motifs is 2. The summed E-state index contributed by atoms with van der Waals surface area (Å²) in [6.45, 7) is 6.94. The summed E-state index contributed by atoms with van der Waals surface area (Å²) in [6.07, 6.45) is -6.29. The molecule has 0 radical (unpaired) electrons. The number of methoxy groups -OCH3 is 1. The average Bonchev–Trinajstić information content (AvgIpc) is 3.52. The number of carbonyl (C=O) groups excluding carboxylic acids is 8. The number of carboxylic acid groups (broad SMARTS) is 1. The number of hydrogen-bond donors (Lipinski definition) is 11. The second-order valence-electron chi connectivity index (χ2n) is 20.4. The van der Waals surface area contributed by atoms with Crippen molar-refractivity contribution in [1.29, 1.82) is 0 Å². The van der Waals surface area contributed by atoms with Crippen molar-refractivity contribution in [2.45, 2.75) is 166 Å². The molecule has 2 aliphatic heterocycles. The Kier molecular flexibility index (Phi) is 25.9. The number of rotatable bonds is 24. The highest BCUT2D eigenvalue weighted by atomic mass is 32.3. The van der Waals surface area contributed by atoms with Crippen LogP contribution in [0.5, 0.6) is 5.75 Å². The van der Waals surface area contributed by atoms with E-state index in [0.29, 0.717) is 17.5 Å². The molecular formula is C53H79N9O18S. The van der Waals surface area contributed by atoms with Crippen LogP contribution in [-0.2, 0) is 80.0 Å². The number of nitrogens with one attached hydrogen (secondary N) is 6. The van der Waals surface area contributed by atoms with E-state index in [9.17, 15) is 66.6 Å². The molecule has 4 rings (SSSR count). The lowest BCUT2D eigenvalue weighted by atomic mass is 9.91. The molecule has 2 heterocycles. The second-order valence-corrected chi connectivity index (χ2v) is 21.5. The zero-order valence-electron chi connectivity index (χ0n) is 46.6. The zero-order valence-corrected chi connectivity index (χ0v) is 47.4. The summed E-state index contributed by atoms with van der Waals surface area (Å²) in [4.78, 5) is 131. The lowest BCUT2D eigenvalue weighted by Gasteiger charge is -2.44. The summed E-state index contributed by atoms with van der Waals surface area (Å²) in [5.41, 5.74) is 6.87. The number of likely N-dealkylation sites (N-methyl/N-ethyl adjacent to an activating group) is 1. The number of benzene rings is 2. The number of unbranched alkanes of at least 4 members (excludes halogenated alkanes) is 1. The molecule has 2 saturated heterocycles. The molecule has 13 unspecified atom stereocenters. The number of aromatic hydroxyl groups is 1. The predicted octanol–water partition coefficient (Wildman–Crippen LogP) is -0.871. The number of hydrogen-bond acceptors (Lipinski definition) is 18. The van der Waals surface area contributed by atoms with Crippen LogP contribution in [0.4, 0.5) is 0 Å². The van der Waals surface area contributed by atoms with Crippen LogP contribution in [0.1, 0.15) is 97.1 Å². The van der Waals surface area contributed by atoms with Crippen LogP contribution in [0.3, 0.4) is 0 Å².